The van der Waals surface area contributed by atoms with Crippen LogP contribution in [0.5, 0.6) is 0 Å². The lowest BCUT2D eigenvalue weighted by Gasteiger charge is -2.30. The van der Waals surface area contributed by atoms with Crippen LogP contribution in [0.4, 0.5) is 0 Å². The van der Waals surface area contributed by atoms with E-state index >= 15 is 0 Å². The Labute approximate surface area is 96.0 Å². The zero-order chi connectivity index (χ0) is 10.7. The molecule has 0 aromatic heterocycles. The van der Waals surface area contributed by atoms with Gasteiger partial charge in [0.1, 0.15) is 0 Å². The lowest BCUT2D eigenvalue weighted by Crippen LogP contribution is -2.43. The Morgan fingerprint density at radius 3 is 2.67 bits per heavy atom. The molecule has 86 valence electrons. The second-order valence-corrected chi connectivity index (χ2v) is 5.64. The van der Waals surface area contributed by atoms with Gasteiger partial charge < -0.3 is 10.2 Å². The topological polar surface area (TPSA) is 32.3 Å². The standard InChI is InChI=1S/C11H20N2OS/c1-13(10-4-7-15-8-10)11(14)9-2-5-12-6-3-9/h9-10,12H,2-8H2,1H3. The summed E-state index contributed by atoms with van der Waals surface area (Å²) in [4.78, 5) is 14.2. The zero-order valence-electron chi connectivity index (χ0n) is 9.37. The highest BCUT2D eigenvalue weighted by atomic mass is 32.2. The summed E-state index contributed by atoms with van der Waals surface area (Å²) < 4.78 is 0. The van der Waals surface area contributed by atoms with Crippen molar-refractivity contribution >= 4 is 17.7 Å². The van der Waals surface area contributed by atoms with E-state index in [1.54, 1.807) is 0 Å². The highest BCUT2D eigenvalue weighted by molar-refractivity contribution is 7.99. The van der Waals surface area contributed by atoms with Gasteiger partial charge in [0.05, 0.1) is 0 Å². The van der Waals surface area contributed by atoms with Crippen LogP contribution in [-0.4, -0.2) is 48.5 Å². The molecular formula is C11H20N2OS. The smallest absolute Gasteiger partial charge is 0.225 e. The van der Waals surface area contributed by atoms with Gasteiger partial charge in [-0.15, -0.1) is 0 Å². The number of rotatable bonds is 2. The van der Waals surface area contributed by atoms with Crippen molar-refractivity contribution < 1.29 is 4.79 Å². The fourth-order valence-corrected chi connectivity index (χ4v) is 3.63. The van der Waals surface area contributed by atoms with Crippen molar-refractivity contribution in [2.24, 2.45) is 5.92 Å². The molecule has 4 heteroatoms. The van der Waals surface area contributed by atoms with Crippen molar-refractivity contribution in [1.82, 2.24) is 10.2 Å². The molecule has 0 bridgehead atoms. The lowest BCUT2D eigenvalue weighted by molar-refractivity contribution is -0.136. The van der Waals surface area contributed by atoms with E-state index in [-0.39, 0.29) is 5.92 Å². The largest absolute Gasteiger partial charge is 0.342 e. The quantitative estimate of drug-likeness (QED) is 0.764. The maximum absolute atomic E-state index is 12.2. The number of nitrogens with zero attached hydrogens (tertiary/aromatic N) is 1. The van der Waals surface area contributed by atoms with Gasteiger partial charge in [-0.1, -0.05) is 0 Å². The third-order valence-corrected chi connectivity index (χ3v) is 4.63. The fourth-order valence-electron chi connectivity index (χ4n) is 2.36. The third kappa shape index (κ3) is 2.67. The Morgan fingerprint density at radius 2 is 2.07 bits per heavy atom. The maximum Gasteiger partial charge on any atom is 0.225 e. The number of hydrogen-bond acceptors (Lipinski definition) is 3. The minimum absolute atomic E-state index is 0.279. The van der Waals surface area contributed by atoms with Gasteiger partial charge in [0, 0.05) is 24.8 Å². The predicted octanol–water partition coefficient (Wildman–Crippen LogP) is 0.950. The summed E-state index contributed by atoms with van der Waals surface area (Å²) in [5, 5.41) is 3.30. The first-order valence-corrected chi connectivity index (χ1v) is 6.99. The average molecular weight is 228 g/mol. The van der Waals surface area contributed by atoms with Gasteiger partial charge in [-0.05, 0) is 38.1 Å². The van der Waals surface area contributed by atoms with Crippen molar-refractivity contribution in [1.29, 1.82) is 0 Å². The molecule has 0 saturated carbocycles. The molecule has 2 fully saturated rings. The maximum atomic E-state index is 12.2. The summed E-state index contributed by atoms with van der Waals surface area (Å²) in [6.07, 6.45) is 3.21. The molecule has 2 aliphatic rings. The van der Waals surface area contributed by atoms with Crippen LogP contribution in [-0.2, 0) is 4.79 Å². The fraction of sp³-hybridized carbons (Fsp3) is 0.909. The third-order valence-electron chi connectivity index (χ3n) is 3.49. The summed E-state index contributed by atoms with van der Waals surface area (Å²) in [5.74, 6) is 3.01. The first-order chi connectivity index (χ1) is 7.29. The Bertz CT molecular complexity index is 223. The Balaban J connectivity index is 1.87. The number of piperidine rings is 1. The summed E-state index contributed by atoms with van der Waals surface area (Å²) in [5.41, 5.74) is 0. The highest BCUT2D eigenvalue weighted by Crippen LogP contribution is 2.24. The summed E-state index contributed by atoms with van der Waals surface area (Å²) in [6.45, 7) is 2.01. The molecule has 0 aromatic rings. The minimum Gasteiger partial charge on any atom is -0.342 e. The van der Waals surface area contributed by atoms with E-state index in [2.05, 4.69) is 5.32 Å². The number of carbonyl (C=O) groups is 1. The van der Waals surface area contributed by atoms with Crippen LogP contribution in [0.3, 0.4) is 0 Å². The first-order valence-electron chi connectivity index (χ1n) is 5.84. The molecule has 0 spiro atoms. The molecule has 1 atom stereocenters. The molecule has 2 saturated heterocycles. The van der Waals surface area contributed by atoms with Crippen molar-refractivity contribution in [2.75, 3.05) is 31.6 Å². The van der Waals surface area contributed by atoms with E-state index < -0.39 is 0 Å². The second-order valence-electron chi connectivity index (χ2n) is 4.49. The number of nitrogens with one attached hydrogen (secondary N) is 1. The molecule has 1 N–H and O–H groups in total. The normalized spacial score (nSPS) is 27.9. The van der Waals surface area contributed by atoms with Gasteiger partial charge in [-0.3, -0.25) is 4.79 Å². The van der Waals surface area contributed by atoms with Crippen LogP contribution in [0.1, 0.15) is 19.3 Å². The van der Waals surface area contributed by atoms with Crippen molar-refractivity contribution in [3.05, 3.63) is 0 Å². The first kappa shape index (κ1) is 11.3. The molecule has 0 aliphatic carbocycles. The second kappa shape index (κ2) is 5.21. The van der Waals surface area contributed by atoms with Gasteiger partial charge in [0.15, 0.2) is 0 Å². The predicted molar refractivity (Wildman–Crippen MR) is 64.1 cm³/mol. The molecule has 1 amide bonds. The van der Waals surface area contributed by atoms with E-state index in [0.717, 1.165) is 31.7 Å². The Morgan fingerprint density at radius 1 is 1.33 bits per heavy atom. The van der Waals surface area contributed by atoms with Crippen LogP contribution in [0, 0.1) is 5.92 Å². The van der Waals surface area contributed by atoms with Crippen molar-refractivity contribution in [3.8, 4) is 0 Å². The van der Waals surface area contributed by atoms with E-state index in [4.69, 9.17) is 0 Å². The number of thioether (sulfide) groups is 1. The van der Waals surface area contributed by atoms with E-state index in [9.17, 15) is 4.79 Å². The molecule has 2 aliphatic heterocycles. The van der Waals surface area contributed by atoms with Crippen molar-refractivity contribution in [3.63, 3.8) is 0 Å². The van der Waals surface area contributed by atoms with E-state index in [1.807, 2.05) is 23.7 Å². The van der Waals surface area contributed by atoms with Crippen molar-refractivity contribution in [2.45, 2.75) is 25.3 Å². The van der Waals surface area contributed by atoms with Crippen LogP contribution in [0.2, 0.25) is 0 Å². The SMILES string of the molecule is CN(C(=O)C1CCNCC1)C1CCSC1. The Kier molecular flexibility index (Phi) is 3.92. The van der Waals surface area contributed by atoms with E-state index in [0.29, 0.717) is 11.9 Å². The van der Waals surface area contributed by atoms with Gasteiger partial charge in [0.25, 0.3) is 0 Å². The summed E-state index contributed by atoms with van der Waals surface area (Å²) >= 11 is 1.97. The minimum atomic E-state index is 0.279. The average Bonchev–Trinajstić information content (AvgIpc) is 2.82. The molecule has 0 radical (unpaired) electrons. The van der Waals surface area contributed by atoms with Gasteiger partial charge in [0.2, 0.25) is 5.91 Å². The van der Waals surface area contributed by atoms with Crippen LogP contribution >= 0.6 is 11.8 Å². The van der Waals surface area contributed by atoms with Crippen LogP contribution in [0.25, 0.3) is 0 Å². The molecule has 1 unspecified atom stereocenters. The highest BCUT2D eigenvalue weighted by Gasteiger charge is 2.29. The number of amides is 1. The monoisotopic (exact) mass is 228 g/mol. The van der Waals surface area contributed by atoms with Crippen LogP contribution in [0.15, 0.2) is 0 Å². The van der Waals surface area contributed by atoms with E-state index in [1.165, 1.54) is 12.2 Å². The zero-order valence-corrected chi connectivity index (χ0v) is 10.2. The molecular weight excluding hydrogens is 208 g/mol. The summed E-state index contributed by atoms with van der Waals surface area (Å²) in [7, 11) is 1.99. The van der Waals surface area contributed by atoms with Gasteiger partial charge in [-0.2, -0.15) is 11.8 Å². The number of hydrogen-bond donors (Lipinski definition) is 1. The molecule has 0 aromatic carbocycles. The molecule has 2 rings (SSSR count). The molecule has 2 heterocycles. The van der Waals surface area contributed by atoms with Gasteiger partial charge >= 0.3 is 0 Å². The summed E-state index contributed by atoms with van der Waals surface area (Å²) in [6, 6.07) is 0.498. The molecule has 15 heavy (non-hydrogen) atoms. The molecule has 3 nitrogen and oxygen atoms in total. The lowest BCUT2D eigenvalue weighted by atomic mass is 9.96. The number of carbonyl (C=O) groups excluding carboxylic acids is 1. The Hall–Kier alpha value is -0.220. The van der Waals surface area contributed by atoms with Crippen LogP contribution < -0.4 is 5.32 Å². The van der Waals surface area contributed by atoms with Gasteiger partial charge in [-0.25, -0.2) is 0 Å².